The summed E-state index contributed by atoms with van der Waals surface area (Å²) in [6, 6.07) is 8.34. The fourth-order valence-corrected chi connectivity index (χ4v) is 3.67. The Hall–Kier alpha value is -1.59. The van der Waals surface area contributed by atoms with Crippen molar-refractivity contribution in [1.29, 1.82) is 0 Å². The fourth-order valence-electron chi connectivity index (χ4n) is 3.67. The number of hydrogen-bond acceptors (Lipinski definition) is 2. The van der Waals surface area contributed by atoms with Gasteiger partial charge in [-0.2, -0.15) is 0 Å². The molecule has 3 rings (SSSR count). The number of anilines is 2. The molecule has 23 heavy (non-hydrogen) atoms. The van der Waals surface area contributed by atoms with Crippen molar-refractivity contribution in [3.8, 4) is 0 Å². The third-order valence-electron chi connectivity index (χ3n) is 5.21. The molecule has 0 aromatic heterocycles. The lowest BCUT2D eigenvalue weighted by Crippen LogP contribution is -3.14. The third-order valence-corrected chi connectivity index (χ3v) is 5.21. The van der Waals surface area contributed by atoms with E-state index in [9.17, 15) is 4.79 Å². The first-order valence-corrected chi connectivity index (χ1v) is 9.06. The summed E-state index contributed by atoms with van der Waals surface area (Å²) in [5.41, 5.74) is 2.18. The molecule has 126 valence electrons. The second-order valence-electron chi connectivity index (χ2n) is 6.82. The quantitative estimate of drug-likeness (QED) is 0.654. The molecule has 2 aliphatic heterocycles. The SMILES string of the molecule is CC[NH+]1CCN(c2ccc(NC(=O)C[NH+]3CCCC3)cc2)CC1. The van der Waals surface area contributed by atoms with Crippen LogP contribution >= 0.6 is 0 Å². The van der Waals surface area contributed by atoms with Crippen molar-refractivity contribution in [2.45, 2.75) is 19.8 Å². The number of carbonyl (C=O) groups is 1. The van der Waals surface area contributed by atoms with Gasteiger partial charge in [-0.1, -0.05) is 0 Å². The largest absolute Gasteiger partial charge is 0.360 e. The molecule has 5 nitrogen and oxygen atoms in total. The van der Waals surface area contributed by atoms with Gasteiger partial charge in [0.05, 0.1) is 45.8 Å². The first kappa shape index (κ1) is 16.3. The maximum atomic E-state index is 12.1. The zero-order valence-electron chi connectivity index (χ0n) is 14.2. The van der Waals surface area contributed by atoms with E-state index in [1.54, 1.807) is 4.90 Å². The summed E-state index contributed by atoms with van der Waals surface area (Å²) in [6.07, 6.45) is 2.51. The van der Waals surface area contributed by atoms with E-state index in [1.165, 1.54) is 43.1 Å². The van der Waals surface area contributed by atoms with E-state index >= 15 is 0 Å². The molecule has 1 amide bonds. The molecule has 2 fully saturated rings. The molecule has 5 heteroatoms. The van der Waals surface area contributed by atoms with Crippen LogP contribution in [-0.4, -0.2) is 58.3 Å². The molecule has 0 radical (unpaired) electrons. The Morgan fingerprint density at radius 3 is 2.30 bits per heavy atom. The van der Waals surface area contributed by atoms with Crippen molar-refractivity contribution in [2.75, 3.05) is 62.6 Å². The van der Waals surface area contributed by atoms with E-state index < -0.39 is 0 Å². The number of likely N-dealkylation sites (tertiary alicyclic amines) is 1. The second kappa shape index (κ2) is 7.79. The highest BCUT2D eigenvalue weighted by atomic mass is 16.2. The van der Waals surface area contributed by atoms with Gasteiger partial charge in [0.15, 0.2) is 6.54 Å². The van der Waals surface area contributed by atoms with Crippen molar-refractivity contribution in [2.24, 2.45) is 0 Å². The molecule has 2 aliphatic rings. The molecule has 0 saturated carbocycles. The summed E-state index contributed by atoms with van der Waals surface area (Å²) in [5, 5.41) is 3.03. The highest BCUT2D eigenvalue weighted by Crippen LogP contribution is 2.17. The lowest BCUT2D eigenvalue weighted by Gasteiger charge is -2.33. The summed E-state index contributed by atoms with van der Waals surface area (Å²) in [4.78, 5) is 17.6. The van der Waals surface area contributed by atoms with Crippen LogP contribution in [-0.2, 0) is 4.79 Å². The molecule has 1 aromatic carbocycles. The smallest absolute Gasteiger partial charge is 0.279 e. The standard InChI is InChI=1S/C18H28N4O/c1-2-20-11-13-22(14-12-20)17-7-5-16(6-8-17)19-18(23)15-21-9-3-4-10-21/h5-8H,2-4,9-15H2,1H3,(H,19,23)/p+2. The van der Waals surface area contributed by atoms with Crippen LogP contribution in [0.3, 0.4) is 0 Å². The molecule has 0 unspecified atom stereocenters. The summed E-state index contributed by atoms with van der Waals surface area (Å²) < 4.78 is 0. The molecular weight excluding hydrogens is 288 g/mol. The van der Waals surface area contributed by atoms with E-state index in [1.807, 2.05) is 12.1 Å². The Balaban J connectivity index is 1.49. The summed E-state index contributed by atoms with van der Waals surface area (Å²) in [6.45, 7) is 11.0. The van der Waals surface area contributed by atoms with Gasteiger partial charge >= 0.3 is 0 Å². The Bertz CT molecular complexity index is 502. The highest BCUT2D eigenvalue weighted by Gasteiger charge is 2.20. The topological polar surface area (TPSA) is 41.2 Å². The van der Waals surface area contributed by atoms with Crippen molar-refractivity contribution in [3.05, 3.63) is 24.3 Å². The van der Waals surface area contributed by atoms with Gasteiger partial charge in [0.25, 0.3) is 5.91 Å². The van der Waals surface area contributed by atoms with E-state index in [0.717, 1.165) is 31.9 Å². The summed E-state index contributed by atoms with van der Waals surface area (Å²) in [5.74, 6) is 0.134. The highest BCUT2D eigenvalue weighted by molar-refractivity contribution is 5.91. The Morgan fingerprint density at radius 1 is 1.04 bits per heavy atom. The number of benzene rings is 1. The van der Waals surface area contributed by atoms with Crippen LogP contribution < -0.4 is 20.0 Å². The van der Waals surface area contributed by atoms with Gasteiger partial charge < -0.3 is 20.0 Å². The van der Waals surface area contributed by atoms with Crippen LogP contribution in [0, 0.1) is 0 Å². The second-order valence-corrected chi connectivity index (χ2v) is 6.82. The average Bonchev–Trinajstić information content (AvgIpc) is 3.08. The number of piperazine rings is 1. The minimum Gasteiger partial charge on any atom is -0.360 e. The first-order chi connectivity index (χ1) is 11.2. The van der Waals surface area contributed by atoms with Crippen LogP contribution in [0.4, 0.5) is 11.4 Å². The van der Waals surface area contributed by atoms with Crippen molar-refractivity contribution >= 4 is 17.3 Å². The number of nitrogens with one attached hydrogen (secondary N) is 3. The van der Waals surface area contributed by atoms with Crippen molar-refractivity contribution in [3.63, 3.8) is 0 Å². The predicted molar refractivity (Wildman–Crippen MR) is 93.3 cm³/mol. The monoisotopic (exact) mass is 318 g/mol. The van der Waals surface area contributed by atoms with Crippen LogP contribution in [0.1, 0.15) is 19.8 Å². The summed E-state index contributed by atoms with van der Waals surface area (Å²) in [7, 11) is 0. The Labute approximate surface area is 139 Å². The number of carbonyl (C=O) groups excluding carboxylic acids is 1. The Morgan fingerprint density at radius 2 is 1.70 bits per heavy atom. The van der Waals surface area contributed by atoms with Gasteiger partial charge in [0, 0.05) is 24.2 Å². The molecule has 0 aliphatic carbocycles. The lowest BCUT2D eigenvalue weighted by molar-refractivity contribution is -0.898. The Kier molecular flexibility index (Phi) is 5.51. The molecular formula is C18H30N4O+2. The molecule has 2 heterocycles. The number of quaternary nitrogens is 2. The maximum Gasteiger partial charge on any atom is 0.279 e. The van der Waals surface area contributed by atoms with Gasteiger partial charge in [0.1, 0.15) is 0 Å². The van der Waals surface area contributed by atoms with Crippen LogP contribution in [0.5, 0.6) is 0 Å². The number of nitrogens with zero attached hydrogens (tertiary/aromatic N) is 1. The van der Waals surface area contributed by atoms with E-state index in [-0.39, 0.29) is 5.91 Å². The van der Waals surface area contributed by atoms with Crippen LogP contribution in [0.25, 0.3) is 0 Å². The molecule has 2 saturated heterocycles. The molecule has 1 aromatic rings. The number of hydrogen-bond donors (Lipinski definition) is 3. The maximum absolute atomic E-state index is 12.1. The number of likely N-dealkylation sites (N-methyl/N-ethyl adjacent to an activating group) is 1. The molecule has 0 atom stereocenters. The average molecular weight is 318 g/mol. The minimum atomic E-state index is 0.134. The van der Waals surface area contributed by atoms with Gasteiger partial charge in [-0.05, 0) is 31.2 Å². The van der Waals surface area contributed by atoms with Crippen molar-refractivity contribution in [1.82, 2.24) is 0 Å². The normalized spacial score (nSPS) is 20.0. The first-order valence-electron chi connectivity index (χ1n) is 9.06. The number of rotatable bonds is 5. The minimum absolute atomic E-state index is 0.134. The molecule has 3 N–H and O–H groups in total. The fraction of sp³-hybridized carbons (Fsp3) is 0.611. The van der Waals surface area contributed by atoms with Crippen LogP contribution in [0.2, 0.25) is 0 Å². The third kappa shape index (κ3) is 4.45. The van der Waals surface area contributed by atoms with E-state index in [2.05, 4.69) is 29.3 Å². The number of amides is 1. The van der Waals surface area contributed by atoms with Gasteiger partial charge in [-0.25, -0.2) is 0 Å². The predicted octanol–water partition coefficient (Wildman–Crippen LogP) is -0.971. The van der Waals surface area contributed by atoms with Gasteiger partial charge in [-0.15, -0.1) is 0 Å². The van der Waals surface area contributed by atoms with Crippen molar-refractivity contribution < 1.29 is 14.6 Å². The zero-order chi connectivity index (χ0) is 16.1. The van der Waals surface area contributed by atoms with E-state index in [0.29, 0.717) is 6.54 Å². The van der Waals surface area contributed by atoms with Gasteiger partial charge in [-0.3, -0.25) is 4.79 Å². The molecule has 0 bridgehead atoms. The van der Waals surface area contributed by atoms with Gasteiger partial charge in [0.2, 0.25) is 0 Å². The lowest BCUT2D eigenvalue weighted by atomic mass is 10.2. The zero-order valence-corrected chi connectivity index (χ0v) is 14.2. The summed E-state index contributed by atoms with van der Waals surface area (Å²) >= 11 is 0. The molecule has 0 spiro atoms. The van der Waals surface area contributed by atoms with E-state index in [4.69, 9.17) is 0 Å². The van der Waals surface area contributed by atoms with Crippen LogP contribution in [0.15, 0.2) is 24.3 Å².